The molecule has 21 heavy (non-hydrogen) atoms. The van der Waals surface area contributed by atoms with Crippen LogP contribution in [0.4, 0.5) is 10.1 Å². The Hall–Kier alpha value is -1.09. The number of anilines is 1. The van der Waals surface area contributed by atoms with Gasteiger partial charge in [0.2, 0.25) is 0 Å². The third-order valence-electron chi connectivity index (χ3n) is 4.89. The van der Waals surface area contributed by atoms with Gasteiger partial charge in [-0.05, 0) is 43.2 Å². The lowest BCUT2D eigenvalue weighted by molar-refractivity contribution is 0.335. The minimum absolute atomic E-state index is 0.101. The van der Waals surface area contributed by atoms with Crippen LogP contribution in [0.25, 0.3) is 0 Å². The zero-order valence-electron chi connectivity index (χ0n) is 13.6. The number of benzene rings is 1. The maximum absolute atomic E-state index is 14.4. The van der Waals surface area contributed by atoms with Crippen molar-refractivity contribution < 1.29 is 4.39 Å². The van der Waals surface area contributed by atoms with Gasteiger partial charge in [-0.3, -0.25) is 0 Å². The first-order chi connectivity index (χ1) is 10.0. The summed E-state index contributed by atoms with van der Waals surface area (Å²) in [5.74, 6) is 0.621. The zero-order chi connectivity index (χ0) is 15.4. The number of nitrogens with zero attached hydrogens (tertiary/aromatic N) is 1. The van der Waals surface area contributed by atoms with Gasteiger partial charge in [-0.1, -0.05) is 38.8 Å². The normalized spacial score (nSPS) is 23.9. The Balaban J connectivity index is 2.24. The van der Waals surface area contributed by atoms with Gasteiger partial charge in [0, 0.05) is 19.1 Å². The Bertz CT molecular complexity index is 461. The quantitative estimate of drug-likeness (QED) is 0.884. The summed E-state index contributed by atoms with van der Waals surface area (Å²) in [6, 6.07) is 5.94. The summed E-state index contributed by atoms with van der Waals surface area (Å²) in [6.45, 7) is 4.38. The van der Waals surface area contributed by atoms with E-state index in [9.17, 15) is 4.39 Å². The Morgan fingerprint density at radius 3 is 2.81 bits per heavy atom. The van der Waals surface area contributed by atoms with E-state index in [-0.39, 0.29) is 11.9 Å². The molecule has 0 bridgehead atoms. The summed E-state index contributed by atoms with van der Waals surface area (Å²) in [5.41, 5.74) is 7.89. The van der Waals surface area contributed by atoms with Crippen molar-refractivity contribution in [3.8, 4) is 0 Å². The molecule has 1 aliphatic carbocycles. The van der Waals surface area contributed by atoms with Crippen LogP contribution in [0, 0.1) is 11.7 Å². The third kappa shape index (κ3) is 3.97. The highest BCUT2D eigenvalue weighted by atomic mass is 19.1. The summed E-state index contributed by atoms with van der Waals surface area (Å²) in [5, 5.41) is 0. The van der Waals surface area contributed by atoms with Gasteiger partial charge in [0.15, 0.2) is 0 Å². The lowest BCUT2D eigenvalue weighted by Gasteiger charge is -2.37. The Morgan fingerprint density at radius 1 is 1.38 bits per heavy atom. The van der Waals surface area contributed by atoms with E-state index in [4.69, 9.17) is 5.73 Å². The summed E-state index contributed by atoms with van der Waals surface area (Å²) >= 11 is 0. The smallest absolute Gasteiger partial charge is 0.146 e. The molecule has 0 aromatic heterocycles. The van der Waals surface area contributed by atoms with Crippen LogP contribution in [0.2, 0.25) is 0 Å². The van der Waals surface area contributed by atoms with Gasteiger partial charge >= 0.3 is 0 Å². The first-order valence-corrected chi connectivity index (χ1v) is 8.28. The molecule has 1 saturated carbocycles. The summed E-state index contributed by atoms with van der Waals surface area (Å²) in [7, 11) is 2.04. The second kappa shape index (κ2) is 7.26. The molecule has 0 heterocycles. The largest absolute Gasteiger partial charge is 0.369 e. The molecule has 2 rings (SSSR count). The molecule has 1 aliphatic rings. The standard InChI is InChI=1S/C18H29FN2/c1-4-15(20)12-14-8-6-10-17(19)18(14)21(3)16-9-5-7-13(2)11-16/h6,8,10,13,15-16H,4-5,7,9,11-12,20H2,1-3H3. The van der Waals surface area contributed by atoms with Gasteiger partial charge in [-0.2, -0.15) is 0 Å². The van der Waals surface area contributed by atoms with Crippen LogP contribution in [0.5, 0.6) is 0 Å². The summed E-state index contributed by atoms with van der Waals surface area (Å²) < 4.78 is 14.4. The fourth-order valence-electron chi connectivity index (χ4n) is 3.48. The number of halogens is 1. The fourth-order valence-corrected chi connectivity index (χ4v) is 3.48. The summed E-state index contributed by atoms with van der Waals surface area (Å²) in [4.78, 5) is 2.17. The van der Waals surface area contributed by atoms with Crippen molar-refractivity contribution in [2.45, 2.75) is 64.5 Å². The van der Waals surface area contributed by atoms with E-state index in [2.05, 4.69) is 18.7 Å². The van der Waals surface area contributed by atoms with E-state index in [1.54, 1.807) is 12.1 Å². The van der Waals surface area contributed by atoms with Crippen LogP contribution in [0.15, 0.2) is 18.2 Å². The molecule has 2 N–H and O–H groups in total. The SMILES string of the molecule is CCC(N)Cc1cccc(F)c1N(C)C1CCCC(C)C1. The maximum Gasteiger partial charge on any atom is 0.146 e. The van der Waals surface area contributed by atoms with Gasteiger partial charge in [0.25, 0.3) is 0 Å². The topological polar surface area (TPSA) is 29.3 Å². The molecule has 0 saturated heterocycles. The average Bonchev–Trinajstić information content (AvgIpc) is 2.46. The summed E-state index contributed by atoms with van der Waals surface area (Å²) in [6.07, 6.45) is 6.53. The molecule has 3 atom stereocenters. The maximum atomic E-state index is 14.4. The van der Waals surface area contributed by atoms with E-state index in [1.807, 2.05) is 13.1 Å². The van der Waals surface area contributed by atoms with Gasteiger partial charge in [0.1, 0.15) is 5.82 Å². The lowest BCUT2D eigenvalue weighted by Crippen LogP contribution is -2.37. The van der Waals surface area contributed by atoms with Gasteiger partial charge in [0.05, 0.1) is 5.69 Å². The molecule has 1 fully saturated rings. The second-order valence-electron chi connectivity index (χ2n) is 6.66. The molecule has 0 spiro atoms. The van der Waals surface area contributed by atoms with Gasteiger partial charge < -0.3 is 10.6 Å². The number of nitrogens with two attached hydrogens (primary N) is 1. The van der Waals surface area contributed by atoms with E-state index in [0.717, 1.165) is 42.9 Å². The minimum atomic E-state index is -0.114. The van der Waals surface area contributed by atoms with Crippen LogP contribution >= 0.6 is 0 Å². The molecular weight excluding hydrogens is 263 g/mol. The molecule has 0 amide bonds. The lowest BCUT2D eigenvalue weighted by atomic mass is 9.86. The molecule has 0 aliphatic heterocycles. The number of hydrogen-bond donors (Lipinski definition) is 1. The van der Waals surface area contributed by atoms with E-state index in [1.165, 1.54) is 12.8 Å². The first-order valence-electron chi connectivity index (χ1n) is 8.28. The monoisotopic (exact) mass is 292 g/mol. The van der Waals surface area contributed by atoms with Crippen molar-refractivity contribution >= 4 is 5.69 Å². The molecule has 2 nitrogen and oxygen atoms in total. The van der Waals surface area contributed by atoms with Crippen LogP contribution in [0.3, 0.4) is 0 Å². The van der Waals surface area contributed by atoms with Crippen LogP contribution < -0.4 is 10.6 Å². The highest BCUT2D eigenvalue weighted by Gasteiger charge is 2.25. The Labute approximate surface area is 128 Å². The van der Waals surface area contributed by atoms with Gasteiger partial charge in [-0.25, -0.2) is 4.39 Å². The molecule has 118 valence electrons. The van der Waals surface area contributed by atoms with Crippen LogP contribution in [0.1, 0.15) is 51.5 Å². The van der Waals surface area contributed by atoms with E-state index in [0.29, 0.717) is 6.04 Å². The van der Waals surface area contributed by atoms with Crippen molar-refractivity contribution in [1.82, 2.24) is 0 Å². The molecule has 0 radical (unpaired) electrons. The molecule has 1 aromatic rings. The third-order valence-corrected chi connectivity index (χ3v) is 4.89. The van der Waals surface area contributed by atoms with Crippen molar-refractivity contribution in [2.75, 3.05) is 11.9 Å². The molecular formula is C18H29FN2. The Morgan fingerprint density at radius 2 is 2.14 bits per heavy atom. The first kappa shape index (κ1) is 16.3. The van der Waals surface area contributed by atoms with Crippen LogP contribution in [-0.4, -0.2) is 19.1 Å². The highest BCUT2D eigenvalue weighted by Crippen LogP contribution is 2.33. The molecule has 3 heteroatoms. The van der Waals surface area contributed by atoms with Crippen molar-refractivity contribution in [1.29, 1.82) is 0 Å². The van der Waals surface area contributed by atoms with Crippen LogP contribution in [-0.2, 0) is 6.42 Å². The highest BCUT2D eigenvalue weighted by molar-refractivity contribution is 5.55. The van der Waals surface area contributed by atoms with Gasteiger partial charge in [-0.15, -0.1) is 0 Å². The zero-order valence-corrected chi connectivity index (χ0v) is 13.6. The fraction of sp³-hybridized carbons (Fsp3) is 0.667. The predicted molar refractivity (Wildman–Crippen MR) is 88.2 cm³/mol. The average molecular weight is 292 g/mol. The van der Waals surface area contributed by atoms with E-state index >= 15 is 0 Å². The van der Waals surface area contributed by atoms with E-state index < -0.39 is 0 Å². The number of para-hydroxylation sites is 1. The molecule has 3 unspecified atom stereocenters. The number of rotatable bonds is 5. The minimum Gasteiger partial charge on any atom is -0.369 e. The Kier molecular flexibility index (Phi) is 5.63. The second-order valence-corrected chi connectivity index (χ2v) is 6.66. The van der Waals surface area contributed by atoms with Crippen molar-refractivity contribution in [2.24, 2.45) is 11.7 Å². The molecule has 1 aromatic carbocycles. The van der Waals surface area contributed by atoms with Crippen molar-refractivity contribution in [3.63, 3.8) is 0 Å². The number of hydrogen-bond acceptors (Lipinski definition) is 2. The predicted octanol–water partition coefficient (Wildman–Crippen LogP) is 4.12. The van der Waals surface area contributed by atoms with Crippen molar-refractivity contribution in [3.05, 3.63) is 29.6 Å².